The lowest BCUT2D eigenvalue weighted by molar-refractivity contribution is 0.125. The summed E-state index contributed by atoms with van der Waals surface area (Å²) in [5.74, 6) is 0. The molecule has 0 amide bonds. The molecule has 1 unspecified atom stereocenters. The van der Waals surface area contributed by atoms with E-state index in [2.05, 4.69) is 9.71 Å². The predicted octanol–water partition coefficient (Wildman–Crippen LogP) is 1.15. The van der Waals surface area contributed by atoms with Crippen LogP contribution < -0.4 is 4.72 Å². The third kappa shape index (κ3) is 4.76. The minimum absolute atomic E-state index is 0.0396. The Balaban J connectivity index is 2.69. The van der Waals surface area contributed by atoms with Crippen LogP contribution in [-0.4, -0.2) is 35.7 Å². The molecule has 0 saturated heterocycles. The maximum Gasteiger partial charge on any atom is 0.261 e. The molecule has 1 aromatic rings. The second-order valence-corrected chi connectivity index (χ2v) is 7.76. The summed E-state index contributed by atoms with van der Waals surface area (Å²) in [6.07, 6.45) is 1.06. The molecule has 1 atom stereocenters. The Morgan fingerprint density at radius 3 is 2.53 bits per heavy atom. The predicted molar refractivity (Wildman–Crippen MR) is 73.5 cm³/mol. The Morgan fingerprint density at radius 1 is 1.53 bits per heavy atom. The van der Waals surface area contributed by atoms with E-state index >= 15 is 0 Å². The highest BCUT2D eigenvalue weighted by Crippen LogP contribution is 2.21. The van der Waals surface area contributed by atoms with Gasteiger partial charge in [-0.3, -0.25) is 0 Å². The molecule has 1 rings (SSSR count). The van der Waals surface area contributed by atoms with Crippen molar-refractivity contribution in [2.45, 2.75) is 38.3 Å². The van der Waals surface area contributed by atoms with E-state index < -0.39 is 16.1 Å². The Bertz CT molecular complexity index is 534. The van der Waals surface area contributed by atoms with E-state index in [9.17, 15) is 13.5 Å². The lowest BCUT2D eigenvalue weighted by Gasteiger charge is -2.22. The van der Waals surface area contributed by atoms with Crippen molar-refractivity contribution in [1.82, 2.24) is 14.3 Å². The van der Waals surface area contributed by atoms with Gasteiger partial charge in [0.25, 0.3) is 10.0 Å². The van der Waals surface area contributed by atoms with Crippen molar-refractivity contribution in [2.24, 2.45) is 12.5 Å². The lowest BCUT2D eigenvalue weighted by Crippen LogP contribution is -2.34. The number of nitrogens with one attached hydrogen (secondary N) is 1. The zero-order valence-electron chi connectivity index (χ0n) is 11.5. The number of nitrogens with zero attached hydrogens (tertiary/aromatic N) is 2. The lowest BCUT2D eigenvalue weighted by atomic mass is 9.89. The molecule has 0 aliphatic carbocycles. The summed E-state index contributed by atoms with van der Waals surface area (Å²) in [6.45, 7) is 5.85. The molecule has 1 aromatic heterocycles. The van der Waals surface area contributed by atoms with Crippen LogP contribution in [0.3, 0.4) is 0 Å². The quantitative estimate of drug-likeness (QED) is 0.854. The van der Waals surface area contributed by atoms with Gasteiger partial charge in [0.05, 0.1) is 12.4 Å². The smallest absolute Gasteiger partial charge is 0.261 e. The molecule has 110 valence electrons. The summed E-state index contributed by atoms with van der Waals surface area (Å²) in [6, 6.07) is 0. The summed E-state index contributed by atoms with van der Waals surface area (Å²) in [4.78, 5) is 3.74. The summed E-state index contributed by atoms with van der Waals surface area (Å²) < 4.78 is 27.6. The van der Waals surface area contributed by atoms with Crippen molar-refractivity contribution in [2.75, 3.05) is 6.54 Å². The average molecular weight is 310 g/mol. The first kappa shape index (κ1) is 16.4. The molecular formula is C11H20ClN3O3S. The van der Waals surface area contributed by atoms with E-state index in [-0.39, 0.29) is 22.1 Å². The van der Waals surface area contributed by atoms with E-state index in [1.54, 1.807) is 7.05 Å². The number of rotatable bonds is 5. The topological polar surface area (TPSA) is 84.2 Å². The Kier molecular flexibility index (Phi) is 5.00. The van der Waals surface area contributed by atoms with Crippen molar-refractivity contribution in [3.63, 3.8) is 0 Å². The van der Waals surface area contributed by atoms with Gasteiger partial charge < -0.3 is 9.67 Å². The first-order valence-electron chi connectivity index (χ1n) is 5.87. The molecule has 0 spiro atoms. The standard InChI is InChI=1S/C11H20ClN3O3S/c1-11(2,3)5-8(16)6-14-19(17,18)10-9(12)15(4)7-13-10/h7-8,14,16H,5-6H2,1-4H3. The van der Waals surface area contributed by atoms with Crippen molar-refractivity contribution < 1.29 is 13.5 Å². The highest BCUT2D eigenvalue weighted by atomic mass is 35.5. The zero-order valence-corrected chi connectivity index (χ0v) is 13.1. The van der Waals surface area contributed by atoms with E-state index in [0.29, 0.717) is 6.42 Å². The maximum absolute atomic E-state index is 12.0. The number of hydrogen-bond donors (Lipinski definition) is 2. The van der Waals surface area contributed by atoms with E-state index in [1.807, 2.05) is 20.8 Å². The van der Waals surface area contributed by atoms with Gasteiger partial charge >= 0.3 is 0 Å². The fraction of sp³-hybridized carbons (Fsp3) is 0.727. The van der Waals surface area contributed by atoms with E-state index in [1.165, 1.54) is 10.9 Å². The van der Waals surface area contributed by atoms with Crippen LogP contribution in [-0.2, 0) is 17.1 Å². The Hall–Kier alpha value is -0.630. The second-order valence-electron chi connectivity index (χ2n) is 5.72. The number of hydrogen-bond acceptors (Lipinski definition) is 4. The fourth-order valence-corrected chi connectivity index (χ4v) is 3.12. The maximum atomic E-state index is 12.0. The molecule has 2 N–H and O–H groups in total. The van der Waals surface area contributed by atoms with Gasteiger partial charge in [0.15, 0.2) is 0 Å². The van der Waals surface area contributed by atoms with Gasteiger partial charge in [0.2, 0.25) is 5.03 Å². The van der Waals surface area contributed by atoms with Gasteiger partial charge in [0.1, 0.15) is 5.15 Å². The fourth-order valence-electron chi connectivity index (χ4n) is 1.63. The van der Waals surface area contributed by atoms with Crippen LogP contribution in [0.2, 0.25) is 5.15 Å². The molecule has 0 aliphatic rings. The van der Waals surface area contributed by atoms with Gasteiger partial charge in [-0.2, -0.15) is 0 Å². The van der Waals surface area contributed by atoms with Gasteiger partial charge in [-0.15, -0.1) is 0 Å². The molecule has 0 radical (unpaired) electrons. The van der Waals surface area contributed by atoms with E-state index in [0.717, 1.165) is 0 Å². The number of aromatic nitrogens is 2. The highest BCUT2D eigenvalue weighted by molar-refractivity contribution is 7.89. The number of aryl methyl sites for hydroxylation is 1. The number of sulfonamides is 1. The molecule has 1 heterocycles. The molecule has 0 aliphatic heterocycles. The number of halogens is 1. The Labute approximate surface area is 118 Å². The Morgan fingerprint density at radius 2 is 2.11 bits per heavy atom. The summed E-state index contributed by atoms with van der Waals surface area (Å²) >= 11 is 5.83. The summed E-state index contributed by atoms with van der Waals surface area (Å²) in [7, 11) is -2.19. The summed E-state index contributed by atoms with van der Waals surface area (Å²) in [5.41, 5.74) is -0.0759. The largest absolute Gasteiger partial charge is 0.392 e. The SMILES string of the molecule is Cn1cnc(S(=O)(=O)NCC(O)CC(C)(C)C)c1Cl. The van der Waals surface area contributed by atoms with Crippen LogP contribution in [0.4, 0.5) is 0 Å². The van der Waals surface area contributed by atoms with Crippen LogP contribution in [0.15, 0.2) is 11.4 Å². The molecule has 19 heavy (non-hydrogen) atoms. The number of aliphatic hydroxyl groups excluding tert-OH is 1. The van der Waals surface area contributed by atoms with Crippen LogP contribution in [0.25, 0.3) is 0 Å². The molecule has 0 bridgehead atoms. The number of imidazole rings is 1. The first-order chi connectivity index (χ1) is 8.53. The van der Waals surface area contributed by atoms with Crippen molar-refractivity contribution in [1.29, 1.82) is 0 Å². The monoisotopic (exact) mass is 309 g/mol. The first-order valence-corrected chi connectivity index (χ1v) is 7.73. The molecule has 0 fully saturated rings. The third-order valence-electron chi connectivity index (χ3n) is 2.45. The van der Waals surface area contributed by atoms with Gasteiger partial charge in [-0.05, 0) is 11.8 Å². The normalized spacial score (nSPS) is 14.6. The molecule has 0 aromatic carbocycles. The molecule has 8 heteroatoms. The van der Waals surface area contributed by atoms with Gasteiger partial charge in [0, 0.05) is 13.6 Å². The highest BCUT2D eigenvalue weighted by Gasteiger charge is 2.24. The zero-order chi connectivity index (χ0) is 14.8. The van der Waals surface area contributed by atoms with Crippen LogP contribution in [0.1, 0.15) is 27.2 Å². The van der Waals surface area contributed by atoms with Crippen LogP contribution in [0.5, 0.6) is 0 Å². The second kappa shape index (κ2) is 5.78. The molecule has 0 saturated carbocycles. The third-order valence-corrected chi connectivity index (χ3v) is 4.36. The number of aliphatic hydroxyl groups is 1. The van der Waals surface area contributed by atoms with Gasteiger partial charge in [-0.1, -0.05) is 32.4 Å². The molecular weight excluding hydrogens is 290 g/mol. The summed E-state index contributed by atoms with van der Waals surface area (Å²) in [5, 5.41) is 9.60. The van der Waals surface area contributed by atoms with Crippen LogP contribution >= 0.6 is 11.6 Å². The minimum Gasteiger partial charge on any atom is -0.392 e. The van der Waals surface area contributed by atoms with Crippen molar-refractivity contribution in [3.8, 4) is 0 Å². The van der Waals surface area contributed by atoms with Crippen LogP contribution in [0, 0.1) is 5.41 Å². The minimum atomic E-state index is -3.79. The van der Waals surface area contributed by atoms with Crippen molar-refractivity contribution >= 4 is 21.6 Å². The average Bonchev–Trinajstić information content (AvgIpc) is 2.55. The van der Waals surface area contributed by atoms with E-state index in [4.69, 9.17) is 11.6 Å². The van der Waals surface area contributed by atoms with Gasteiger partial charge in [-0.25, -0.2) is 18.1 Å². The van der Waals surface area contributed by atoms with Crippen molar-refractivity contribution in [3.05, 3.63) is 11.5 Å². The molecule has 6 nitrogen and oxygen atoms in total.